The molecule has 0 aromatic heterocycles. The molecule has 0 saturated carbocycles. The maximum Gasteiger partial charge on any atom is 0.410 e. The van der Waals surface area contributed by atoms with Crippen molar-refractivity contribution in [1.82, 2.24) is 4.90 Å². The molecule has 5 nitrogen and oxygen atoms in total. The van der Waals surface area contributed by atoms with Crippen LogP contribution in [0.1, 0.15) is 50.4 Å². The van der Waals surface area contributed by atoms with E-state index in [0.29, 0.717) is 6.54 Å². The highest BCUT2D eigenvalue weighted by molar-refractivity contribution is 5.87. The van der Waals surface area contributed by atoms with Crippen LogP contribution in [0, 0.1) is 0 Å². The summed E-state index contributed by atoms with van der Waals surface area (Å²) in [5.74, 6) is -0.378. The second-order valence-electron chi connectivity index (χ2n) is 6.91. The summed E-state index contributed by atoms with van der Waals surface area (Å²) in [6, 6.07) is 5.96. The van der Waals surface area contributed by atoms with Crippen molar-refractivity contribution in [2.24, 2.45) is 0 Å². The number of esters is 1. The predicted octanol–water partition coefficient (Wildman–Crippen LogP) is 3.73. The van der Waals surface area contributed by atoms with Gasteiger partial charge < -0.3 is 14.4 Å². The first kappa shape index (κ1) is 18.0. The molecule has 1 heterocycles. The summed E-state index contributed by atoms with van der Waals surface area (Å²) in [6.45, 7) is 8.23. The van der Waals surface area contributed by atoms with Gasteiger partial charge in [0.2, 0.25) is 0 Å². The molecule has 1 aromatic carbocycles. The molecule has 1 atom stereocenters. The van der Waals surface area contributed by atoms with Gasteiger partial charge in [0.15, 0.2) is 0 Å². The zero-order chi connectivity index (χ0) is 17.9. The average Bonchev–Trinajstić information content (AvgIpc) is 2.51. The van der Waals surface area contributed by atoms with Gasteiger partial charge >= 0.3 is 12.1 Å². The van der Waals surface area contributed by atoms with Crippen molar-refractivity contribution < 1.29 is 19.1 Å². The highest BCUT2D eigenvalue weighted by Gasteiger charge is 2.30. The van der Waals surface area contributed by atoms with E-state index >= 15 is 0 Å². The van der Waals surface area contributed by atoms with E-state index in [2.05, 4.69) is 10.8 Å². The molecule has 0 saturated heterocycles. The van der Waals surface area contributed by atoms with Crippen molar-refractivity contribution >= 4 is 18.1 Å². The Morgan fingerprint density at radius 2 is 2.00 bits per heavy atom. The van der Waals surface area contributed by atoms with Crippen LogP contribution in [-0.4, -0.2) is 36.2 Å². The molecule has 1 aromatic rings. The quantitative estimate of drug-likeness (QED) is 0.612. The van der Waals surface area contributed by atoms with Crippen LogP contribution in [-0.2, 0) is 20.7 Å². The number of rotatable bonds is 2. The second-order valence-corrected chi connectivity index (χ2v) is 6.91. The standard InChI is InChI=1S/C19H25NO4/c1-13-16-8-6-14(7-9-17(21)23-5)12-15(16)10-11-20(13)18(22)24-19(2,3)4/h6-9,12-13H,10-11H2,1-5H3. The minimum absolute atomic E-state index is 0.0396. The SMILES string of the molecule is COC(=O)C=Cc1ccc2c(c1)CCN(C(=O)OC(C)(C)C)C2C. The number of hydrogen-bond donors (Lipinski definition) is 0. The third-order valence-corrected chi connectivity index (χ3v) is 3.95. The molecule has 24 heavy (non-hydrogen) atoms. The number of nitrogens with zero attached hydrogens (tertiary/aromatic N) is 1. The van der Waals surface area contributed by atoms with Crippen LogP contribution in [0.3, 0.4) is 0 Å². The topological polar surface area (TPSA) is 55.8 Å². The molecular weight excluding hydrogens is 306 g/mol. The van der Waals surface area contributed by atoms with Gasteiger partial charge in [-0.05, 0) is 56.9 Å². The van der Waals surface area contributed by atoms with Crippen molar-refractivity contribution in [3.8, 4) is 0 Å². The molecule has 1 unspecified atom stereocenters. The Labute approximate surface area is 143 Å². The summed E-state index contributed by atoms with van der Waals surface area (Å²) >= 11 is 0. The first-order chi connectivity index (χ1) is 11.2. The number of amides is 1. The van der Waals surface area contributed by atoms with E-state index in [4.69, 9.17) is 4.74 Å². The van der Waals surface area contributed by atoms with Crippen LogP contribution in [0.15, 0.2) is 24.3 Å². The maximum absolute atomic E-state index is 12.4. The summed E-state index contributed by atoms with van der Waals surface area (Å²) in [5, 5.41) is 0. The number of methoxy groups -OCH3 is 1. The lowest BCUT2D eigenvalue weighted by Crippen LogP contribution is -2.42. The number of hydrogen-bond acceptors (Lipinski definition) is 4. The van der Waals surface area contributed by atoms with Crippen LogP contribution in [0.2, 0.25) is 0 Å². The van der Waals surface area contributed by atoms with E-state index in [1.54, 1.807) is 11.0 Å². The monoisotopic (exact) mass is 331 g/mol. The van der Waals surface area contributed by atoms with Crippen LogP contribution in [0.5, 0.6) is 0 Å². The van der Waals surface area contributed by atoms with Crippen LogP contribution in [0.4, 0.5) is 4.79 Å². The molecule has 0 fully saturated rings. The zero-order valence-electron chi connectivity index (χ0n) is 15.0. The van der Waals surface area contributed by atoms with Crippen molar-refractivity contribution in [2.75, 3.05) is 13.7 Å². The van der Waals surface area contributed by atoms with Gasteiger partial charge in [0.1, 0.15) is 5.60 Å². The molecule has 0 spiro atoms. The summed E-state index contributed by atoms with van der Waals surface area (Å²) in [4.78, 5) is 25.3. The molecule has 0 N–H and O–H groups in total. The molecule has 130 valence electrons. The lowest BCUT2D eigenvalue weighted by molar-refractivity contribution is -0.134. The Balaban J connectivity index is 2.16. The number of ether oxygens (including phenoxy) is 2. The molecule has 1 aliphatic rings. The molecule has 1 amide bonds. The molecule has 0 bridgehead atoms. The van der Waals surface area contributed by atoms with E-state index < -0.39 is 5.60 Å². The lowest BCUT2D eigenvalue weighted by Gasteiger charge is -2.36. The summed E-state index contributed by atoms with van der Waals surface area (Å²) in [7, 11) is 1.35. The van der Waals surface area contributed by atoms with E-state index in [9.17, 15) is 9.59 Å². The molecule has 1 aliphatic heterocycles. The Hall–Kier alpha value is -2.30. The van der Waals surface area contributed by atoms with Gasteiger partial charge in [-0.25, -0.2) is 9.59 Å². The minimum Gasteiger partial charge on any atom is -0.466 e. The van der Waals surface area contributed by atoms with E-state index in [1.165, 1.54) is 18.7 Å². The largest absolute Gasteiger partial charge is 0.466 e. The third kappa shape index (κ3) is 4.37. The fourth-order valence-corrected chi connectivity index (χ4v) is 2.76. The van der Waals surface area contributed by atoms with Crippen molar-refractivity contribution in [2.45, 2.75) is 45.8 Å². The predicted molar refractivity (Wildman–Crippen MR) is 92.6 cm³/mol. The maximum atomic E-state index is 12.4. The van der Waals surface area contributed by atoms with E-state index in [1.807, 2.05) is 39.8 Å². The van der Waals surface area contributed by atoms with E-state index in [0.717, 1.165) is 17.5 Å². The fraction of sp³-hybridized carbons (Fsp3) is 0.474. The zero-order valence-corrected chi connectivity index (χ0v) is 15.0. The van der Waals surface area contributed by atoms with Crippen molar-refractivity contribution in [1.29, 1.82) is 0 Å². The van der Waals surface area contributed by atoms with E-state index in [-0.39, 0.29) is 18.1 Å². The second kappa shape index (κ2) is 7.07. The molecule has 0 aliphatic carbocycles. The van der Waals surface area contributed by atoms with Gasteiger partial charge in [-0.1, -0.05) is 18.2 Å². The van der Waals surface area contributed by atoms with Crippen molar-refractivity contribution in [3.63, 3.8) is 0 Å². The molecule has 0 radical (unpaired) electrons. The van der Waals surface area contributed by atoms with Gasteiger partial charge in [0, 0.05) is 12.6 Å². The first-order valence-corrected chi connectivity index (χ1v) is 8.10. The van der Waals surface area contributed by atoms with Gasteiger partial charge in [0.05, 0.1) is 13.2 Å². The lowest BCUT2D eigenvalue weighted by atomic mass is 9.92. The normalized spacial score (nSPS) is 17.5. The minimum atomic E-state index is -0.500. The number of fused-ring (bicyclic) bond motifs is 1. The highest BCUT2D eigenvalue weighted by Crippen LogP contribution is 2.31. The summed E-state index contributed by atoms with van der Waals surface area (Å²) < 4.78 is 10.1. The van der Waals surface area contributed by atoms with Crippen LogP contribution >= 0.6 is 0 Å². The number of benzene rings is 1. The Morgan fingerprint density at radius 1 is 1.29 bits per heavy atom. The fourth-order valence-electron chi connectivity index (χ4n) is 2.76. The van der Waals surface area contributed by atoms with Crippen LogP contribution < -0.4 is 0 Å². The molecular formula is C19H25NO4. The van der Waals surface area contributed by atoms with Gasteiger partial charge in [-0.3, -0.25) is 0 Å². The number of carbonyl (C=O) groups is 2. The molecule has 5 heteroatoms. The first-order valence-electron chi connectivity index (χ1n) is 8.10. The van der Waals surface area contributed by atoms with Crippen LogP contribution in [0.25, 0.3) is 6.08 Å². The van der Waals surface area contributed by atoms with Crippen molar-refractivity contribution in [3.05, 3.63) is 41.0 Å². The summed E-state index contributed by atoms with van der Waals surface area (Å²) in [6.07, 6.45) is 3.62. The van der Waals surface area contributed by atoms with Gasteiger partial charge in [-0.15, -0.1) is 0 Å². The smallest absolute Gasteiger partial charge is 0.410 e. The Morgan fingerprint density at radius 3 is 2.62 bits per heavy atom. The van der Waals surface area contributed by atoms with Gasteiger partial charge in [-0.2, -0.15) is 0 Å². The Kier molecular flexibility index (Phi) is 5.32. The summed E-state index contributed by atoms with van der Waals surface area (Å²) in [5.41, 5.74) is 2.74. The highest BCUT2D eigenvalue weighted by atomic mass is 16.6. The average molecular weight is 331 g/mol. The number of carbonyl (C=O) groups excluding carboxylic acids is 2. The third-order valence-electron chi connectivity index (χ3n) is 3.95. The van der Waals surface area contributed by atoms with Gasteiger partial charge in [0.25, 0.3) is 0 Å². The molecule has 2 rings (SSSR count). The Bertz CT molecular complexity index is 658.